The molecule has 1 fully saturated rings. The number of hydrogen-bond acceptors (Lipinski definition) is 8. The van der Waals surface area contributed by atoms with E-state index >= 15 is 0 Å². The van der Waals surface area contributed by atoms with E-state index in [-0.39, 0.29) is 6.04 Å². The van der Waals surface area contributed by atoms with Gasteiger partial charge in [-0.2, -0.15) is 5.10 Å². The van der Waals surface area contributed by atoms with Crippen LogP contribution in [0.4, 0.5) is 5.69 Å². The average molecular weight is 458 g/mol. The van der Waals surface area contributed by atoms with Crippen LogP contribution in [0.3, 0.4) is 0 Å². The lowest BCUT2D eigenvalue weighted by Gasteiger charge is -2.25. The number of rotatable bonds is 8. The first kappa shape index (κ1) is 23.0. The van der Waals surface area contributed by atoms with E-state index in [1.165, 1.54) is 6.08 Å². The maximum Gasteiger partial charge on any atom is 0.271 e. The molecule has 11 nitrogen and oxygen atoms in total. The zero-order valence-electron chi connectivity index (χ0n) is 19.2. The lowest BCUT2D eigenvalue weighted by atomic mass is 9.98. The van der Waals surface area contributed by atoms with Crippen LogP contribution in [0.2, 0.25) is 0 Å². The molecule has 2 amide bonds. The van der Waals surface area contributed by atoms with Gasteiger partial charge < -0.3 is 20.7 Å². The predicted molar refractivity (Wildman–Crippen MR) is 123 cm³/mol. The first-order chi connectivity index (χ1) is 16.0. The van der Waals surface area contributed by atoms with E-state index in [4.69, 9.17) is 9.57 Å². The highest BCUT2D eigenvalue weighted by molar-refractivity contribution is 6.13. The number of pyridine rings is 1. The van der Waals surface area contributed by atoms with Crippen LogP contribution >= 0.6 is 0 Å². The van der Waals surface area contributed by atoms with Crippen molar-refractivity contribution >= 4 is 34.2 Å². The lowest BCUT2D eigenvalue weighted by molar-refractivity contribution is -0.157. The smallest absolute Gasteiger partial charge is 0.271 e. The zero-order chi connectivity index (χ0) is 23.4. The molecule has 33 heavy (non-hydrogen) atoms. The number of hydrogen-bond donors (Lipinski definition) is 4. The molecule has 0 unspecified atom stereocenters. The zero-order valence-corrected chi connectivity index (χ0v) is 19.2. The van der Waals surface area contributed by atoms with E-state index in [2.05, 4.69) is 31.5 Å². The van der Waals surface area contributed by atoms with Crippen molar-refractivity contribution in [3.63, 3.8) is 0 Å². The van der Waals surface area contributed by atoms with Gasteiger partial charge in [-0.25, -0.2) is 14.5 Å². The van der Waals surface area contributed by atoms with Crippen molar-refractivity contribution < 1.29 is 19.2 Å². The number of fused-ring (bicyclic) bond motifs is 1. The second-order valence-corrected chi connectivity index (χ2v) is 7.99. The van der Waals surface area contributed by atoms with Gasteiger partial charge in [0, 0.05) is 50.7 Å². The van der Waals surface area contributed by atoms with Gasteiger partial charge >= 0.3 is 0 Å². The van der Waals surface area contributed by atoms with Crippen molar-refractivity contribution in [3.8, 4) is 0 Å². The van der Waals surface area contributed by atoms with E-state index in [9.17, 15) is 9.59 Å². The minimum absolute atomic E-state index is 0.215. The Kier molecular flexibility index (Phi) is 6.80. The number of nitrogens with zero attached hydrogens (tertiary/aromatic N) is 3. The van der Waals surface area contributed by atoms with Crippen molar-refractivity contribution in [3.05, 3.63) is 24.0 Å². The number of nitrogens with one attached hydrogen (secondary N) is 4. The Balaban J connectivity index is 1.79. The molecule has 4 rings (SSSR count). The Hall–Kier alpha value is -3.18. The molecular weight excluding hydrogens is 426 g/mol. The van der Waals surface area contributed by atoms with E-state index < -0.39 is 17.4 Å². The summed E-state index contributed by atoms with van der Waals surface area (Å²) in [7, 11) is 0. The summed E-state index contributed by atoms with van der Waals surface area (Å²) in [5, 5.41) is 14.3. The van der Waals surface area contributed by atoms with E-state index in [1.807, 2.05) is 11.6 Å². The molecule has 0 saturated carbocycles. The van der Waals surface area contributed by atoms with Crippen molar-refractivity contribution in [2.75, 3.05) is 31.6 Å². The lowest BCUT2D eigenvalue weighted by Crippen LogP contribution is -2.57. The van der Waals surface area contributed by atoms with E-state index in [0.29, 0.717) is 44.1 Å². The summed E-state index contributed by atoms with van der Waals surface area (Å²) in [4.78, 5) is 36.0. The summed E-state index contributed by atoms with van der Waals surface area (Å²) in [6, 6.07) is 0.215. The minimum Gasteiger partial charge on any atom is -0.381 e. The van der Waals surface area contributed by atoms with Crippen LogP contribution in [0, 0.1) is 0 Å². The second kappa shape index (κ2) is 9.75. The molecule has 0 atom stereocenters. The molecule has 2 aromatic heterocycles. The quantitative estimate of drug-likeness (QED) is 0.431. The first-order valence-corrected chi connectivity index (χ1v) is 11.5. The molecule has 178 valence electrons. The van der Waals surface area contributed by atoms with Crippen LogP contribution in [0.25, 0.3) is 16.7 Å². The fourth-order valence-electron chi connectivity index (χ4n) is 4.10. The predicted octanol–water partition coefficient (Wildman–Crippen LogP) is 0.929. The average Bonchev–Trinajstić information content (AvgIpc) is 3.46. The first-order valence-electron chi connectivity index (χ1n) is 11.5. The van der Waals surface area contributed by atoms with Crippen LogP contribution < -0.4 is 21.4 Å². The summed E-state index contributed by atoms with van der Waals surface area (Å²) in [5.74, 6) is -1.07. The summed E-state index contributed by atoms with van der Waals surface area (Å²) < 4.78 is 7.33. The Bertz CT molecular complexity index is 1040. The molecule has 4 heterocycles. The van der Waals surface area contributed by atoms with Crippen molar-refractivity contribution in [2.24, 2.45) is 0 Å². The highest BCUT2D eigenvalue weighted by Gasteiger charge is 2.50. The van der Waals surface area contributed by atoms with Crippen LogP contribution in [0.15, 0.2) is 18.5 Å². The number of carbonyl (C=O) groups is 2. The van der Waals surface area contributed by atoms with E-state index in [1.54, 1.807) is 26.2 Å². The SMILES string of the molecule is CCNC(=O)C1(C(=O)NCC)C=C(c2cnc3c(cnn3CC)c2NC2CCOCC2)NO1. The molecule has 2 aliphatic rings. The third-order valence-electron chi connectivity index (χ3n) is 5.84. The highest BCUT2D eigenvalue weighted by atomic mass is 16.7. The van der Waals surface area contributed by atoms with Gasteiger partial charge in [0.25, 0.3) is 17.4 Å². The van der Waals surface area contributed by atoms with Crippen molar-refractivity contribution in [1.82, 2.24) is 30.9 Å². The number of anilines is 1. The minimum atomic E-state index is -1.82. The topological polar surface area (TPSA) is 131 Å². The monoisotopic (exact) mass is 457 g/mol. The van der Waals surface area contributed by atoms with Gasteiger partial charge in [0.2, 0.25) is 0 Å². The Labute approximate surface area is 192 Å². The van der Waals surface area contributed by atoms with Gasteiger partial charge in [0.15, 0.2) is 5.65 Å². The molecule has 0 aliphatic carbocycles. The van der Waals surface area contributed by atoms with Gasteiger partial charge in [-0.15, -0.1) is 0 Å². The van der Waals surface area contributed by atoms with Crippen LogP contribution in [0.1, 0.15) is 39.2 Å². The number of carbonyl (C=O) groups excluding carboxylic acids is 2. The summed E-state index contributed by atoms with van der Waals surface area (Å²) >= 11 is 0. The summed E-state index contributed by atoms with van der Waals surface area (Å²) in [6.07, 6.45) is 6.76. The maximum atomic E-state index is 12.9. The van der Waals surface area contributed by atoms with Crippen LogP contribution in [0.5, 0.6) is 0 Å². The standard InChI is InChI=1S/C22H31N7O4/c1-4-23-20(30)22(21(31)24-5-2)11-17(28-33-22)15-12-25-19-16(13-26-29(19)6-3)18(15)27-14-7-9-32-10-8-14/h11-14,28H,4-10H2,1-3H3,(H,23,30)(H,24,31)(H,25,27). The fourth-order valence-corrected chi connectivity index (χ4v) is 4.10. The Morgan fingerprint density at radius 2 is 1.85 bits per heavy atom. The second-order valence-electron chi connectivity index (χ2n) is 7.99. The normalized spacial score (nSPS) is 18.0. The van der Waals surface area contributed by atoms with Crippen LogP contribution in [-0.2, 0) is 25.7 Å². The largest absolute Gasteiger partial charge is 0.381 e. The van der Waals surface area contributed by atoms with Crippen LogP contribution in [-0.4, -0.2) is 64.5 Å². The molecule has 4 N–H and O–H groups in total. The maximum absolute atomic E-state index is 12.9. The summed E-state index contributed by atoms with van der Waals surface area (Å²) in [6.45, 7) is 8.39. The summed E-state index contributed by atoms with van der Waals surface area (Å²) in [5.41, 5.74) is 3.76. The molecule has 0 spiro atoms. The Morgan fingerprint density at radius 3 is 2.48 bits per heavy atom. The number of amides is 2. The molecule has 11 heteroatoms. The third-order valence-corrected chi connectivity index (χ3v) is 5.84. The molecule has 0 aromatic carbocycles. The highest BCUT2D eigenvalue weighted by Crippen LogP contribution is 2.35. The van der Waals surface area contributed by atoms with Crippen molar-refractivity contribution in [1.29, 1.82) is 0 Å². The number of likely N-dealkylation sites (N-methyl/N-ethyl adjacent to an activating group) is 2. The van der Waals surface area contributed by atoms with Gasteiger partial charge in [0.1, 0.15) is 0 Å². The van der Waals surface area contributed by atoms with Gasteiger partial charge in [-0.05, 0) is 39.7 Å². The fraction of sp³-hybridized carbons (Fsp3) is 0.545. The van der Waals surface area contributed by atoms with Gasteiger partial charge in [0.05, 0.1) is 23.0 Å². The number of ether oxygens (including phenoxy) is 1. The number of hydroxylamine groups is 1. The van der Waals surface area contributed by atoms with Gasteiger partial charge in [-0.3, -0.25) is 15.1 Å². The van der Waals surface area contributed by atoms with Crippen molar-refractivity contribution in [2.45, 2.75) is 51.8 Å². The number of aromatic nitrogens is 3. The molecule has 1 saturated heterocycles. The molecule has 0 radical (unpaired) electrons. The third kappa shape index (κ3) is 4.25. The molecule has 2 aromatic rings. The van der Waals surface area contributed by atoms with E-state index in [0.717, 1.165) is 29.6 Å². The molecule has 0 bridgehead atoms. The number of aryl methyl sites for hydroxylation is 1. The van der Waals surface area contributed by atoms with Gasteiger partial charge in [-0.1, -0.05) is 0 Å². The Morgan fingerprint density at radius 1 is 1.15 bits per heavy atom. The molecular formula is C22H31N7O4. The molecule has 2 aliphatic heterocycles.